The first kappa shape index (κ1) is 11.6. The Morgan fingerprint density at radius 1 is 1.62 bits per heavy atom. The normalized spacial score (nSPS) is 26.4. The zero-order chi connectivity index (χ0) is 11.5. The molecule has 0 amide bonds. The second-order valence-corrected chi connectivity index (χ2v) is 4.75. The van der Waals surface area contributed by atoms with Crippen molar-refractivity contribution < 1.29 is 5.11 Å². The van der Waals surface area contributed by atoms with Gasteiger partial charge in [-0.3, -0.25) is 4.68 Å². The Morgan fingerprint density at radius 2 is 2.38 bits per heavy atom. The van der Waals surface area contributed by atoms with Crippen LogP contribution in [0, 0.1) is 0 Å². The summed E-state index contributed by atoms with van der Waals surface area (Å²) in [6.07, 6.45) is 4.82. The molecule has 0 spiro atoms. The van der Waals surface area contributed by atoms with Crippen LogP contribution in [0.5, 0.6) is 0 Å². The fourth-order valence-corrected chi connectivity index (χ4v) is 1.91. The smallest absolute Gasteiger partial charge is 0.0762 e. The number of rotatable bonds is 5. The van der Waals surface area contributed by atoms with Crippen molar-refractivity contribution in [2.75, 3.05) is 0 Å². The molecular weight excluding hydrogens is 202 g/mol. The van der Waals surface area contributed by atoms with Gasteiger partial charge in [-0.15, -0.1) is 0 Å². The van der Waals surface area contributed by atoms with Crippen LogP contribution in [0.4, 0.5) is 0 Å². The van der Waals surface area contributed by atoms with E-state index in [1.54, 1.807) is 0 Å². The van der Waals surface area contributed by atoms with Crippen molar-refractivity contribution in [1.82, 2.24) is 15.1 Å². The minimum absolute atomic E-state index is 0.0878. The molecule has 0 bridgehead atoms. The quantitative estimate of drug-likeness (QED) is 0.794. The summed E-state index contributed by atoms with van der Waals surface area (Å²) in [5, 5.41) is 17.1. The molecule has 90 valence electrons. The van der Waals surface area contributed by atoms with Crippen LogP contribution >= 0.6 is 0 Å². The van der Waals surface area contributed by atoms with E-state index in [0.29, 0.717) is 12.1 Å². The van der Waals surface area contributed by atoms with Crippen LogP contribution in [0.25, 0.3) is 0 Å². The average Bonchev–Trinajstić information content (AvgIpc) is 2.70. The summed E-state index contributed by atoms with van der Waals surface area (Å²) in [7, 11) is 0. The van der Waals surface area contributed by atoms with Crippen LogP contribution in [0.15, 0.2) is 12.3 Å². The van der Waals surface area contributed by atoms with Crippen molar-refractivity contribution in [3.05, 3.63) is 18.0 Å². The summed E-state index contributed by atoms with van der Waals surface area (Å²) < 4.78 is 2.02. The topological polar surface area (TPSA) is 50.1 Å². The number of aliphatic hydroxyl groups excluding tert-OH is 1. The van der Waals surface area contributed by atoms with Gasteiger partial charge in [-0.05, 0) is 32.3 Å². The largest absolute Gasteiger partial charge is 0.393 e. The summed E-state index contributed by atoms with van der Waals surface area (Å²) in [4.78, 5) is 0. The molecule has 16 heavy (non-hydrogen) atoms. The Bertz CT molecular complexity index is 331. The number of aromatic nitrogens is 2. The molecule has 1 aliphatic carbocycles. The molecule has 0 aromatic carbocycles. The highest BCUT2D eigenvalue weighted by Gasteiger charge is 2.26. The predicted octanol–water partition coefficient (Wildman–Crippen LogP) is 1.47. The zero-order valence-electron chi connectivity index (χ0n) is 10.1. The maximum atomic E-state index is 9.16. The summed E-state index contributed by atoms with van der Waals surface area (Å²) >= 11 is 0. The second-order valence-electron chi connectivity index (χ2n) is 4.75. The first-order valence-corrected chi connectivity index (χ1v) is 6.14. The molecule has 0 radical (unpaired) electrons. The van der Waals surface area contributed by atoms with Crippen LogP contribution in [0.1, 0.15) is 44.8 Å². The van der Waals surface area contributed by atoms with Gasteiger partial charge in [-0.1, -0.05) is 6.92 Å². The van der Waals surface area contributed by atoms with Gasteiger partial charge in [0.15, 0.2) is 0 Å². The van der Waals surface area contributed by atoms with Crippen LogP contribution < -0.4 is 5.32 Å². The third-order valence-electron chi connectivity index (χ3n) is 3.39. The van der Waals surface area contributed by atoms with E-state index in [2.05, 4.69) is 30.3 Å². The first-order chi connectivity index (χ1) is 7.69. The molecule has 2 N–H and O–H groups in total. The van der Waals surface area contributed by atoms with Crippen molar-refractivity contribution in [3.8, 4) is 0 Å². The van der Waals surface area contributed by atoms with Crippen molar-refractivity contribution in [2.45, 2.75) is 57.8 Å². The van der Waals surface area contributed by atoms with Crippen LogP contribution in [-0.2, 0) is 6.54 Å². The molecule has 4 heteroatoms. The van der Waals surface area contributed by atoms with E-state index in [4.69, 9.17) is 5.11 Å². The standard InChI is InChI=1S/C12H21N3O/c1-3-9(2)15-5-4-10(14-15)8-13-11-6-12(16)7-11/h4-5,9,11-13,16H,3,6-8H2,1-2H3. The van der Waals surface area contributed by atoms with Gasteiger partial charge in [0.05, 0.1) is 11.8 Å². The summed E-state index contributed by atoms with van der Waals surface area (Å²) in [5.41, 5.74) is 1.08. The molecule has 4 nitrogen and oxygen atoms in total. The molecule has 1 aromatic rings. The van der Waals surface area contributed by atoms with E-state index < -0.39 is 0 Å². The SMILES string of the molecule is CCC(C)n1ccc(CNC2CC(O)C2)n1. The summed E-state index contributed by atoms with van der Waals surface area (Å²) in [6, 6.07) is 3.01. The molecule has 1 aliphatic rings. The molecule has 1 heterocycles. The van der Waals surface area contributed by atoms with E-state index in [0.717, 1.165) is 31.5 Å². The molecule has 0 aliphatic heterocycles. The molecule has 1 saturated carbocycles. The number of hydrogen-bond acceptors (Lipinski definition) is 3. The van der Waals surface area contributed by atoms with Crippen molar-refractivity contribution in [3.63, 3.8) is 0 Å². The lowest BCUT2D eigenvalue weighted by atomic mass is 9.89. The van der Waals surface area contributed by atoms with Gasteiger partial charge in [0.2, 0.25) is 0 Å². The van der Waals surface area contributed by atoms with Gasteiger partial charge >= 0.3 is 0 Å². The van der Waals surface area contributed by atoms with Crippen LogP contribution in [0.3, 0.4) is 0 Å². The Hall–Kier alpha value is -0.870. The molecule has 1 unspecified atom stereocenters. The number of aliphatic hydroxyl groups is 1. The maximum Gasteiger partial charge on any atom is 0.0762 e. The third-order valence-corrected chi connectivity index (χ3v) is 3.39. The zero-order valence-corrected chi connectivity index (χ0v) is 10.1. The van der Waals surface area contributed by atoms with Gasteiger partial charge < -0.3 is 10.4 Å². The summed E-state index contributed by atoms with van der Waals surface area (Å²) in [6.45, 7) is 5.15. The minimum Gasteiger partial charge on any atom is -0.393 e. The lowest BCUT2D eigenvalue weighted by Crippen LogP contribution is -2.43. The fraction of sp³-hybridized carbons (Fsp3) is 0.750. The van der Waals surface area contributed by atoms with Gasteiger partial charge in [0.25, 0.3) is 0 Å². The second kappa shape index (κ2) is 4.97. The lowest BCUT2D eigenvalue weighted by molar-refractivity contribution is 0.0618. The van der Waals surface area contributed by atoms with E-state index >= 15 is 0 Å². The highest BCUT2D eigenvalue weighted by molar-refractivity contribution is 5.00. The van der Waals surface area contributed by atoms with E-state index in [1.165, 1.54) is 0 Å². The molecule has 1 aromatic heterocycles. The van der Waals surface area contributed by atoms with Gasteiger partial charge in [0, 0.05) is 24.8 Å². The average molecular weight is 223 g/mol. The molecule has 1 atom stereocenters. The van der Waals surface area contributed by atoms with Gasteiger partial charge in [0.1, 0.15) is 0 Å². The Labute approximate surface area is 96.7 Å². The van der Waals surface area contributed by atoms with Gasteiger partial charge in [-0.25, -0.2) is 0 Å². The fourth-order valence-electron chi connectivity index (χ4n) is 1.91. The van der Waals surface area contributed by atoms with Crippen molar-refractivity contribution >= 4 is 0 Å². The molecule has 2 rings (SSSR count). The number of nitrogens with zero attached hydrogens (tertiary/aromatic N) is 2. The third kappa shape index (κ3) is 2.62. The van der Waals surface area contributed by atoms with Crippen molar-refractivity contribution in [2.24, 2.45) is 0 Å². The first-order valence-electron chi connectivity index (χ1n) is 6.14. The maximum absolute atomic E-state index is 9.16. The Balaban J connectivity index is 1.79. The monoisotopic (exact) mass is 223 g/mol. The van der Waals surface area contributed by atoms with Crippen LogP contribution in [-0.4, -0.2) is 27.0 Å². The highest BCUT2D eigenvalue weighted by Crippen LogP contribution is 2.19. The highest BCUT2D eigenvalue weighted by atomic mass is 16.3. The van der Waals surface area contributed by atoms with E-state index in [9.17, 15) is 0 Å². The minimum atomic E-state index is -0.0878. The predicted molar refractivity (Wildman–Crippen MR) is 63.1 cm³/mol. The lowest BCUT2D eigenvalue weighted by Gasteiger charge is -2.31. The summed E-state index contributed by atoms with van der Waals surface area (Å²) in [5.74, 6) is 0. The molecular formula is C12H21N3O. The number of nitrogens with one attached hydrogen (secondary N) is 1. The number of hydrogen-bond donors (Lipinski definition) is 2. The Morgan fingerprint density at radius 3 is 3.00 bits per heavy atom. The van der Waals surface area contributed by atoms with E-state index in [-0.39, 0.29) is 6.10 Å². The van der Waals surface area contributed by atoms with Crippen molar-refractivity contribution in [1.29, 1.82) is 0 Å². The molecule has 1 fully saturated rings. The Kier molecular flexibility index (Phi) is 3.61. The molecule has 0 saturated heterocycles. The van der Waals surface area contributed by atoms with E-state index in [1.807, 2.05) is 10.9 Å². The van der Waals surface area contributed by atoms with Crippen LogP contribution in [0.2, 0.25) is 0 Å². The van der Waals surface area contributed by atoms with Gasteiger partial charge in [-0.2, -0.15) is 5.10 Å².